The summed E-state index contributed by atoms with van der Waals surface area (Å²) in [5, 5.41) is 2.34. The Bertz CT molecular complexity index is 373. The summed E-state index contributed by atoms with van der Waals surface area (Å²) in [5.41, 5.74) is 4.18. The minimum absolute atomic E-state index is 0.0947. The Hall–Kier alpha value is -1.43. The van der Waals surface area contributed by atoms with E-state index >= 15 is 0 Å². The number of nitrogens with two attached hydrogens (primary N) is 1. The number of nitrogens with zero attached hydrogens (tertiary/aromatic N) is 2. The van der Waals surface area contributed by atoms with E-state index < -0.39 is 11.5 Å². The number of ether oxygens (including phenoxy) is 1. The standard InChI is InChI=1S/C7H7N3O2S/c1-7(5-9-2-3-13-5)4(11)10-6(8)12-7/h2-3H,1H3,(H2,8,10,11). The lowest BCUT2D eigenvalue weighted by molar-refractivity contribution is -0.130. The van der Waals surface area contributed by atoms with Crippen LogP contribution in [0.15, 0.2) is 16.6 Å². The van der Waals surface area contributed by atoms with Gasteiger partial charge in [0.05, 0.1) is 0 Å². The van der Waals surface area contributed by atoms with Crippen LogP contribution in [0.4, 0.5) is 0 Å². The molecule has 2 heterocycles. The second-order valence-corrected chi connectivity index (χ2v) is 3.62. The molecule has 0 bridgehead atoms. The van der Waals surface area contributed by atoms with Gasteiger partial charge in [-0.05, 0) is 6.92 Å². The van der Waals surface area contributed by atoms with E-state index in [1.165, 1.54) is 11.3 Å². The third-order valence-electron chi connectivity index (χ3n) is 1.77. The number of aliphatic imine (C=N–C) groups is 1. The molecule has 1 atom stereocenters. The van der Waals surface area contributed by atoms with Crippen LogP contribution in [0.5, 0.6) is 0 Å². The van der Waals surface area contributed by atoms with Crippen molar-refractivity contribution in [3.8, 4) is 0 Å². The Morgan fingerprint density at radius 1 is 1.69 bits per heavy atom. The maximum absolute atomic E-state index is 11.4. The van der Waals surface area contributed by atoms with Crippen LogP contribution in [0.3, 0.4) is 0 Å². The molecular formula is C7H7N3O2S. The van der Waals surface area contributed by atoms with Crippen LogP contribution in [0.1, 0.15) is 11.9 Å². The van der Waals surface area contributed by atoms with Gasteiger partial charge in [0.1, 0.15) is 5.01 Å². The van der Waals surface area contributed by atoms with Gasteiger partial charge >= 0.3 is 5.91 Å². The predicted octanol–water partition coefficient (Wildman–Crippen LogP) is 0.230. The van der Waals surface area contributed by atoms with Gasteiger partial charge in [-0.1, -0.05) is 0 Å². The highest BCUT2D eigenvalue weighted by atomic mass is 32.1. The first-order valence-electron chi connectivity index (χ1n) is 3.60. The van der Waals surface area contributed by atoms with Crippen molar-refractivity contribution in [2.24, 2.45) is 10.7 Å². The van der Waals surface area contributed by atoms with E-state index in [0.29, 0.717) is 5.01 Å². The van der Waals surface area contributed by atoms with Gasteiger partial charge in [0.2, 0.25) is 5.60 Å². The second kappa shape index (κ2) is 2.53. The Morgan fingerprint density at radius 3 is 2.92 bits per heavy atom. The van der Waals surface area contributed by atoms with Crippen molar-refractivity contribution in [3.05, 3.63) is 16.6 Å². The number of thiazole rings is 1. The molecule has 6 heteroatoms. The lowest BCUT2D eigenvalue weighted by atomic mass is 10.1. The molecule has 1 amide bonds. The summed E-state index contributed by atoms with van der Waals surface area (Å²) >= 11 is 1.34. The molecule has 13 heavy (non-hydrogen) atoms. The largest absolute Gasteiger partial charge is 0.441 e. The minimum Gasteiger partial charge on any atom is -0.441 e. The van der Waals surface area contributed by atoms with Crippen molar-refractivity contribution in [3.63, 3.8) is 0 Å². The van der Waals surface area contributed by atoms with Gasteiger partial charge in [-0.15, -0.1) is 11.3 Å². The van der Waals surface area contributed by atoms with Crippen LogP contribution in [0.25, 0.3) is 0 Å². The molecule has 1 aliphatic rings. The zero-order chi connectivity index (χ0) is 9.47. The number of rotatable bonds is 1. The van der Waals surface area contributed by atoms with Gasteiger partial charge in [0, 0.05) is 11.6 Å². The van der Waals surface area contributed by atoms with E-state index in [0.717, 1.165) is 0 Å². The van der Waals surface area contributed by atoms with Crippen molar-refractivity contribution in [1.82, 2.24) is 4.98 Å². The van der Waals surface area contributed by atoms with Gasteiger partial charge in [-0.3, -0.25) is 4.79 Å². The van der Waals surface area contributed by atoms with Crippen molar-refractivity contribution < 1.29 is 9.53 Å². The Morgan fingerprint density at radius 2 is 2.46 bits per heavy atom. The lowest BCUT2D eigenvalue weighted by Gasteiger charge is -2.17. The molecule has 1 aromatic heterocycles. The highest BCUT2D eigenvalue weighted by Crippen LogP contribution is 2.31. The minimum atomic E-state index is -1.11. The topological polar surface area (TPSA) is 77.6 Å². The fraction of sp³-hybridized carbons (Fsp3) is 0.286. The van der Waals surface area contributed by atoms with Gasteiger partial charge in [0.25, 0.3) is 6.02 Å². The smallest absolute Gasteiger partial charge is 0.301 e. The average Bonchev–Trinajstić information content (AvgIpc) is 2.61. The molecule has 1 aromatic rings. The molecule has 2 N–H and O–H groups in total. The van der Waals surface area contributed by atoms with Crippen molar-refractivity contribution in [2.45, 2.75) is 12.5 Å². The van der Waals surface area contributed by atoms with Crippen LogP contribution in [-0.4, -0.2) is 16.9 Å². The van der Waals surface area contributed by atoms with Gasteiger partial charge in [-0.2, -0.15) is 4.99 Å². The predicted molar refractivity (Wildman–Crippen MR) is 47.2 cm³/mol. The third-order valence-corrected chi connectivity index (χ3v) is 2.74. The number of hydrogen-bond donors (Lipinski definition) is 1. The Balaban J connectivity index is 2.40. The summed E-state index contributed by atoms with van der Waals surface area (Å²) in [5.74, 6) is -0.403. The number of carbonyl (C=O) groups is 1. The molecule has 0 saturated heterocycles. The molecule has 2 rings (SSSR count). The van der Waals surface area contributed by atoms with E-state index in [4.69, 9.17) is 10.5 Å². The summed E-state index contributed by atoms with van der Waals surface area (Å²) in [6.45, 7) is 1.61. The van der Waals surface area contributed by atoms with Crippen molar-refractivity contribution in [1.29, 1.82) is 0 Å². The first-order valence-corrected chi connectivity index (χ1v) is 4.48. The van der Waals surface area contributed by atoms with Crippen LogP contribution < -0.4 is 5.73 Å². The zero-order valence-corrected chi connectivity index (χ0v) is 7.67. The average molecular weight is 197 g/mol. The fourth-order valence-corrected chi connectivity index (χ4v) is 1.80. The molecule has 0 aliphatic carbocycles. The molecule has 0 aromatic carbocycles. The molecule has 0 spiro atoms. The summed E-state index contributed by atoms with van der Waals surface area (Å²) in [6, 6.07) is -0.0947. The van der Waals surface area contributed by atoms with Crippen LogP contribution in [0, 0.1) is 0 Å². The first kappa shape index (κ1) is 8.18. The van der Waals surface area contributed by atoms with E-state index in [-0.39, 0.29) is 6.02 Å². The number of amidine groups is 1. The molecule has 1 aliphatic heterocycles. The maximum Gasteiger partial charge on any atom is 0.301 e. The fourth-order valence-electron chi connectivity index (χ4n) is 1.08. The summed E-state index contributed by atoms with van der Waals surface area (Å²) in [6.07, 6.45) is 1.61. The van der Waals surface area contributed by atoms with Gasteiger partial charge in [0.15, 0.2) is 0 Å². The maximum atomic E-state index is 11.4. The molecule has 68 valence electrons. The van der Waals surface area contributed by atoms with Crippen molar-refractivity contribution >= 4 is 23.3 Å². The normalized spacial score (nSPS) is 27.2. The number of amides is 1. The molecular weight excluding hydrogens is 190 g/mol. The van der Waals surface area contributed by atoms with Gasteiger partial charge in [-0.25, -0.2) is 4.98 Å². The SMILES string of the molecule is CC1(c2nccs2)OC(N)=NC1=O. The first-order chi connectivity index (χ1) is 6.13. The van der Waals surface area contributed by atoms with E-state index in [1.54, 1.807) is 18.5 Å². The van der Waals surface area contributed by atoms with E-state index in [2.05, 4.69) is 9.98 Å². The quantitative estimate of drug-likeness (QED) is 0.699. The monoisotopic (exact) mass is 197 g/mol. The molecule has 0 fully saturated rings. The zero-order valence-electron chi connectivity index (χ0n) is 6.85. The molecule has 0 saturated carbocycles. The molecule has 1 unspecified atom stereocenters. The molecule has 0 radical (unpaired) electrons. The van der Waals surface area contributed by atoms with Crippen molar-refractivity contribution in [2.75, 3.05) is 0 Å². The molecule has 5 nitrogen and oxygen atoms in total. The lowest BCUT2D eigenvalue weighted by Crippen LogP contribution is -2.31. The number of hydrogen-bond acceptors (Lipinski definition) is 5. The number of aromatic nitrogens is 1. The third kappa shape index (κ3) is 1.10. The summed E-state index contributed by atoms with van der Waals surface area (Å²) in [7, 11) is 0. The second-order valence-electron chi connectivity index (χ2n) is 2.73. The van der Waals surface area contributed by atoms with E-state index in [1.807, 2.05) is 0 Å². The van der Waals surface area contributed by atoms with E-state index in [9.17, 15) is 4.79 Å². The van der Waals surface area contributed by atoms with Crippen LogP contribution >= 0.6 is 11.3 Å². The van der Waals surface area contributed by atoms with Gasteiger partial charge < -0.3 is 10.5 Å². The summed E-state index contributed by atoms with van der Waals surface area (Å²) in [4.78, 5) is 18.9. The number of carbonyl (C=O) groups excluding carboxylic acids is 1. The Labute approximate surface area is 78.3 Å². The highest BCUT2D eigenvalue weighted by molar-refractivity contribution is 7.09. The Kier molecular flexibility index (Phi) is 1.59. The summed E-state index contributed by atoms with van der Waals surface area (Å²) < 4.78 is 5.13. The van der Waals surface area contributed by atoms with Crippen LogP contribution in [-0.2, 0) is 15.1 Å². The highest BCUT2D eigenvalue weighted by Gasteiger charge is 2.45. The van der Waals surface area contributed by atoms with Crippen LogP contribution in [0.2, 0.25) is 0 Å².